The van der Waals surface area contributed by atoms with Gasteiger partial charge in [-0.1, -0.05) is 12.1 Å². The average molecular weight is 312 g/mol. The van der Waals surface area contributed by atoms with Gasteiger partial charge >= 0.3 is 0 Å². The van der Waals surface area contributed by atoms with Gasteiger partial charge in [-0.15, -0.1) is 0 Å². The molecule has 2 N–H and O–H groups in total. The fourth-order valence-corrected chi connectivity index (χ4v) is 3.05. The molecule has 21 heavy (non-hydrogen) atoms. The highest BCUT2D eigenvalue weighted by Gasteiger charge is 2.21. The zero-order valence-electron chi connectivity index (χ0n) is 11.3. The Labute approximate surface area is 121 Å². The number of nitrogen functional groups attached to an aromatic ring is 1. The predicted octanol–water partition coefficient (Wildman–Crippen LogP) is 2.37. The lowest BCUT2D eigenvalue weighted by Gasteiger charge is -2.17. The van der Waals surface area contributed by atoms with Gasteiger partial charge in [0.05, 0.1) is 4.90 Å². The van der Waals surface area contributed by atoms with Gasteiger partial charge in [0.25, 0.3) is 0 Å². The normalized spacial score (nSPS) is 11.8. The third kappa shape index (κ3) is 3.37. The lowest BCUT2D eigenvalue weighted by molar-refractivity contribution is 0.462. The van der Waals surface area contributed by atoms with Crippen LogP contribution in [0.4, 0.5) is 14.5 Å². The van der Waals surface area contributed by atoms with Gasteiger partial charge in [-0.25, -0.2) is 17.2 Å². The van der Waals surface area contributed by atoms with E-state index in [0.29, 0.717) is 11.3 Å². The maximum atomic E-state index is 13.1. The molecule has 0 saturated heterocycles. The summed E-state index contributed by atoms with van der Waals surface area (Å²) in [6.45, 7) is -0.0751. The average Bonchev–Trinajstić information content (AvgIpc) is 2.43. The fourth-order valence-electron chi connectivity index (χ4n) is 1.84. The molecule has 7 heteroatoms. The highest BCUT2D eigenvalue weighted by Crippen LogP contribution is 2.19. The molecule has 0 aliphatic rings. The molecular formula is C14H14F2N2O2S. The smallest absolute Gasteiger partial charge is 0.243 e. The number of nitrogens with two attached hydrogens (primary N) is 1. The summed E-state index contributed by atoms with van der Waals surface area (Å²) in [5.41, 5.74) is 6.25. The number of sulfonamides is 1. The van der Waals surface area contributed by atoms with Crippen LogP contribution in [-0.2, 0) is 16.6 Å². The van der Waals surface area contributed by atoms with E-state index in [0.717, 1.165) is 16.4 Å². The largest absolute Gasteiger partial charge is 0.399 e. The molecule has 0 fully saturated rings. The molecule has 2 rings (SSSR count). The summed E-state index contributed by atoms with van der Waals surface area (Å²) in [5, 5.41) is 0. The summed E-state index contributed by atoms with van der Waals surface area (Å²) in [4.78, 5) is 0.0487. The molecule has 4 nitrogen and oxygen atoms in total. The Morgan fingerprint density at radius 2 is 1.81 bits per heavy atom. The predicted molar refractivity (Wildman–Crippen MR) is 75.9 cm³/mol. The number of halogens is 2. The molecule has 0 amide bonds. The standard InChI is InChI=1S/C14H14F2N2O2S/c1-18(9-10-5-6-13(15)14(16)7-10)21(19,20)12-4-2-3-11(17)8-12/h2-8H,9,17H2,1H3. The first-order chi connectivity index (χ1) is 9.80. The Bertz CT molecular complexity index is 763. The van der Waals surface area contributed by atoms with Crippen LogP contribution in [0.5, 0.6) is 0 Å². The Kier molecular flexibility index (Phi) is 4.24. The Morgan fingerprint density at radius 1 is 1.10 bits per heavy atom. The van der Waals surface area contributed by atoms with Crippen LogP contribution in [0.2, 0.25) is 0 Å². The van der Waals surface area contributed by atoms with Crippen LogP contribution in [0.3, 0.4) is 0 Å². The molecule has 0 bridgehead atoms. The SMILES string of the molecule is CN(Cc1ccc(F)c(F)c1)S(=O)(=O)c1cccc(N)c1. The highest BCUT2D eigenvalue weighted by atomic mass is 32.2. The van der Waals surface area contributed by atoms with Crippen LogP contribution < -0.4 is 5.73 Å². The van der Waals surface area contributed by atoms with Gasteiger partial charge in [0.15, 0.2) is 11.6 Å². The molecule has 0 unspecified atom stereocenters. The van der Waals surface area contributed by atoms with Crippen molar-refractivity contribution >= 4 is 15.7 Å². The van der Waals surface area contributed by atoms with E-state index in [2.05, 4.69) is 0 Å². The number of anilines is 1. The van der Waals surface area contributed by atoms with Gasteiger partial charge in [-0.05, 0) is 35.9 Å². The molecule has 112 valence electrons. The fraction of sp³-hybridized carbons (Fsp3) is 0.143. The van der Waals surface area contributed by atoms with E-state index >= 15 is 0 Å². The van der Waals surface area contributed by atoms with Crippen molar-refractivity contribution in [2.24, 2.45) is 0 Å². The van der Waals surface area contributed by atoms with Gasteiger partial charge in [-0.3, -0.25) is 0 Å². The highest BCUT2D eigenvalue weighted by molar-refractivity contribution is 7.89. The van der Waals surface area contributed by atoms with Crippen LogP contribution in [-0.4, -0.2) is 19.8 Å². The van der Waals surface area contributed by atoms with Crippen molar-refractivity contribution in [3.05, 3.63) is 59.7 Å². The van der Waals surface area contributed by atoms with Crippen molar-refractivity contribution in [3.63, 3.8) is 0 Å². The topological polar surface area (TPSA) is 63.4 Å². The van der Waals surface area contributed by atoms with E-state index in [-0.39, 0.29) is 11.4 Å². The zero-order valence-corrected chi connectivity index (χ0v) is 12.1. The van der Waals surface area contributed by atoms with Gasteiger partial charge in [0, 0.05) is 19.3 Å². The molecule has 0 heterocycles. The van der Waals surface area contributed by atoms with Crippen LogP contribution >= 0.6 is 0 Å². The van der Waals surface area contributed by atoms with Crippen LogP contribution in [0, 0.1) is 11.6 Å². The van der Waals surface area contributed by atoms with Gasteiger partial charge in [-0.2, -0.15) is 4.31 Å². The lowest BCUT2D eigenvalue weighted by atomic mass is 10.2. The van der Waals surface area contributed by atoms with Crippen molar-refractivity contribution in [1.29, 1.82) is 0 Å². The minimum atomic E-state index is -3.75. The molecule has 0 aliphatic heterocycles. The second kappa shape index (κ2) is 5.79. The molecule has 0 saturated carbocycles. The number of hydrogen-bond donors (Lipinski definition) is 1. The third-order valence-corrected chi connectivity index (χ3v) is 4.75. The Hall–Kier alpha value is -1.99. The molecule has 0 aliphatic carbocycles. The number of hydrogen-bond acceptors (Lipinski definition) is 3. The van der Waals surface area contributed by atoms with Crippen molar-refractivity contribution in [3.8, 4) is 0 Å². The molecular weight excluding hydrogens is 298 g/mol. The molecule has 0 spiro atoms. The number of benzene rings is 2. The van der Waals surface area contributed by atoms with E-state index in [4.69, 9.17) is 5.73 Å². The van der Waals surface area contributed by atoms with Gasteiger partial charge in [0.2, 0.25) is 10.0 Å². The lowest BCUT2D eigenvalue weighted by Crippen LogP contribution is -2.26. The summed E-state index contributed by atoms with van der Waals surface area (Å²) in [5.74, 6) is -1.98. The van der Waals surface area contributed by atoms with E-state index in [9.17, 15) is 17.2 Å². The van der Waals surface area contributed by atoms with Crippen molar-refractivity contribution in [2.45, 2.75) is 11.4 Å². The first kappa shape index (κ1) is 15.4. The van der Waals surface area contributed by atoms with Gasteiger partial charge in [0.1, 0.15) is 0 Å². The minimum Gasteiger partial charge on any atom is -0.399 e. The van der Waals surface area contributed by atoms with E-state index < -0.39 is 21.7 Å². The summed E-state index contributed by atoms with van der Waals surface area (Å²) >= 11 is 0. The second-order valence-electron chi connectivity index (χ2n) is 4.58. The summed E-state index contributed by atoms with van der Waals surface area (Å²) < 4.78 is 51.7. The van der Waals surface area contributed by atoms with Crippen LogP contribution in [0.15, 0.2) is 47.4 Å². The maximum absolute atomic E-state index is 13.1. The van der Waals surface area contributed by atoms with Crippen LogP contribution in [0.1, 0.15) is 5.56 Å². The zero-order chi connectivity index (χ0) is 15.6. The minimum absolute atomic E-state index is 0.0487. The van der Waals surface area contributed by atoms with Crippen molar-refractivity contribution in [1.82, 2.24) is 4.31 Å². The van der Waals surface area contributed by atoms with Crippen molar-refractivity contribution < 1.29 is 17.2 Å². The second-order valence-corrected chi connectivity index (χ2v) is 6.63. The first-order valence-corrected chi connectivity index (χ1v) is 7.50. The molecule has 2 aromatic carbocycles. The van der Waals surface area contributed by atoms with Gasteiger partial charge < -0.3 is 5.73 Å². The van der Waals surface area contributed by atoms with Crippen molar-refractivity contribution in [2.75, 3.05) is 12.8 Å². The Morgan fingerprint density at radius 3 is 2.43 bits per heavy atom. The molecule has 2 aromatic rings. The van der Waals surface area contributed by atoms with Crippen LogP contribution in [0.25, 0.3) is 0 Å². The molecule has 0 atom stereocenters. The van der Waals surface area contributed by atoms with E-state index in [1.54, 1.807) is 6.07 Å². The van der Waals surface area contributed by atoms with E-state index in [1.165, 1.54) is 31.3 Å². The first-order valence-electron chi connectivity index (χ1n) is 6.06. The number of nitrogens with zero attached hydrogens (tertiary/aromatic N) is 1. The van der Waals surface area contributed by atoms with E-state index in [1.807, 2.05) is 0 Å². The summed E-state index contributed by atoms with van der Waals surface area (Å²) in [6, 6.07) is 9.16. The molecule has 0 aromatic heterocycles. The maximum Gasteiger partial charge on any atom is 0.243 e. The Balaban J connectivity index is 2.26. The molecule has 0 radical (unpaired) electrons. The summed E-state index contributed by atoms with van der Waals surface area (Å²) in [7, 11) is -2.38. The third-order valence-electron chi connectivity index (χ3n) is 2.96. The number of rotatable bonds is 4. The monoisotopic (exact) mass is 312 g/mol. The quantitative estimate of drug-likeness (QED) is 0.882. The summed E-state index contributed by atoms with van der Waals surface area (Å²) in [6.07, 6.45) is 0.